The molecule has 2 aliphatic heterocycles. The van der Waals surface area contributed by atoms with Crippen LogP contribution in [0.5, 0.6) is 5.75 Å². The third-order valence-electron chi connectivity index (χ3n) is 6.09. The Bertz CT molecular complexity index is 1220. The van der Waals surface area contributed by atoms with Crippen molar-refractivity contribution in [3.63, 3.8) is 0 Å². The summed E-state index contributed by atoms with van der Waals surface area (Å²) in [5.74, 6) is -3.43. The van der Waals surface area contributed by atoms with E-state index in [0.717, 1.165) is 0 Å². The molecule has 0 spiro atoms. The van der Waals surface area contributed by atoms with Crippen molar-refractivity contribution in [2.24, 2.45) is 21.8 Å². The lowest BCUT2D eigenvalue weighted by Crippen LogP contribution is -2.32. The Morgan fingerprint density at radius 1 is 0.788 bits per heavy atom. The van der Waals surface area contributed by atoms with Gasteiger partial charge in [-0.05, 0) is 29.8 Å². The van der Waals surface area contributed by atoms with Crippen molar-refractivity contribution in [2.75, 3.05) is 7.11 Å². The summed E-state index contributed by atoms with van der Waals surface area (Å²) in [6.07, 6.45) is 13.8. The Morgan fingerprint density at radius 3 is 1.73 bits per heavy atom. The highest BCUT2D eigenvalue weighted by molar-refractivity contribution is 6.18. The summed E-state index contributed by atoms with van der Waals surface area (Å²) in [6.45, 7) is 0. The molecule has 2 atom stereocenters. The minimum Gasteiger partial charge on any atom is -0.511 e. The molecule has 5 rings (SSSR count). The number of hydrogen-bond acceptors (Lipinski definition) is 5. The maximum absolute atomic E-state index is 13.2. The minimum atomic E-state index is -1.06. The number of hydrogen-bond donors (Lipinski definition) is 2. The number of rotatable bonds is 4. The van der Waals surface area contributed by atoms with Gasteiger partial charge in [-0.15, -0.1) is 0 Å². The molecule has 1 aromatic rings. The maximum atomic E-state index is 13.2. The van der Waals surface area contributed by atoms with E-state index in [1.54, 1.807) is 72.9 Å². The summed E-state index contributed by atoms with van der Waals surface area (Å²) in [7, 11) is 1.53. The largest absolute Gasteiger partial charge is 0.511 e. The number of aliphatic hydroxyl groups excluding tert-OH is 2. The molecule has 1 aromatic carbocycles. The van der Waals surface area contributed by atoms with Gasteiger partial charge in [-0.25, -0.2) is 9.98 Å². The van der Waals surface area contributed by atoms with E-state index in [4.69, 9.17) is 4.74 Å². The van der Waals surface area contributed by atoms with E-state index in [-0.39, 0.29) is 22.7 Å². The molecule has 0 radical (unpaired) electrons. The van der Waals surface area contributed by atoms with Crippen molar-refractivity contribution in [3.05, 3.63) is 101 Å². The van der Waals surface area contributed by atoms with Gasteiger partial charge in [-0.3, -0.25) is 9.59 Å². The summed E-state index contributed by atoms with van der Waals surface area (Å²) >= 11 is 0. The van der Waals surface area contributed by atoms with Gasteiger partial charge in [0.1, 0.15) is 17.3 Å². The lowest BCUT2D eigenvalue weighted by atomic mass is 9.76. The van der Waals surface area contributed by atoms with Crippen LogP contribution in [0.4, 0.5) is 0 Å². The molecule has 7 heteroatoms. The fourth-order valence-corrected chi connectivity index (χ4v) is 4.47. The fraction of sp³-hybridized carbons (Fsp3) is 0.154. The normalized spacial score (nSPS) is 24.4. The molecule has 2 heterocycles. The van der Waals surface area contributed by atoms with E-state index in [0.29, 0.717) is 22.7 Å². The quantitative estimate of drug-likeness (QED) is 0.739. The number of dihydropyridines is 2. The first-order chi connectivity index (χ1) is 16.0. The number of carbonyl (C=O) groups excluding carboxylic acids is 2. The van der Waals surface area contributed by atoms with Gasteiger partial charge in [-0.1, -0.05) is 48.6 Å². The van der Waals surface area contributed by atoms with E-state index in [9.17, 15) is 19.8 Å². The van der Waals surface area contributed by atoms with Gasteiger partial charge in [0, 0.05) is 0 Å². The molecule has 164 valence electrons. The number of fused-ring (bicyclic) bond motifs is 2. The Morgan fingerprint density at radius 2 is 1.27 bits per heavy atom. The van der Waals surface area contributed by atoms with Crippen LogP contribution in [0, 0.1) is 11.8 Å². The Hall–Kier alpha value is -4.26. The molecule has 7 nitrogen and oxygen atoms in total. The van der Waals surface area contributed by atoms with Crippen LogP contribution in [0.15, 0.2) is 106 Å². The standard InChI is InChI=1S/C26H20N2O5/c1-33-15-12-10-14(11-13-15)20(21-23(29)16-6-2-4-8-18(16)27-25(21)31)22-24(30)17-7-3-5-9-19(17)28-26(22)32/h2-13,16-17,20,29-30H,1H3. The smallest absolute Gasteiger partial charge is 0.277 e. The molecular weight excluding hydrogens is 420 g/mol. The molecule has 2 amide bonds. The van der Waals surface area contributed by atoms with Gasteiger partial charge in [0.2, 0.25) is 0 Å². The summed E-state index contributed by atoms with van der Waals surface area (Å²) in [4.78, 5) is 34.7. The summed E-state index contributed by atoms with van der Waals surface area (Å²) in [6, 6.07) is 6.76. The number of aliphatic imine (C=N–C) groups is 2. The predicted octanol–water partition coefficient (Wildman–Crippen LogP) is 3.85. The first kappa shape index (κ1) is 20.6. The average Bonchev–Trinajstić information content (AvgIpc) is 2.83. The van der Waals surface area contributed by atoms with Crippen LogP contribution in [-0.2, 0) is 9.59 Å². The van der Waals surface area contributed by atoms with Gasteiger partial charge in [-0.2, -0.15) is 0 Å². The monoisotopic (exact) mass is 440 g/mol. The van der Waals surface area contributed by atoms with Crippen molar-refractivity contribution >= 4 is 23.2 Å². The van der Waals surface area contributed by atoms with Crippen LogP contribution in [0.1, 0.15) is 11.5 Å². The minimum absolute atomic E-state index is 0.0576. The third-order valence-corrected chi connectivity index (χ3v) is 6.09. The Labute approximate surface area is 189 Å². The molecule has 33 heavy (non-hydrogen) atoms. The zero-order valence-corrected chi connectivity index (χ0v) is 17.7. The first-order valence-electron chi connectivity index (χ1n) is 10.4. The van der Waals surface area contributed by atoms with Crippen molar-refractivity contribution in [2.45, 2.75) is 5.92 Å². The number of benzene rings is 1. The zero-order chi connectivity index (χ0) is 23.1. The second-order valence-electron chi connectivity index (χ2n) is 7.93. The van der Waals surface area contributed by atoms with Crippen molar-refractivity contribution in [1.82, 2.24) is 0 Å². The highest BCUT2D eigenvalue weighted by atomic mass is 16.5. The molecular formula is C26H20N2O5. The predicted molar refractivity (Wildman–Crippen MR) is 123 cm³/mol. The number of carbonyl (C=O) groups is 2. The molecule has 0 bridgehead atoms. The molecule has 4 aliphatic rings. The lowest BCUT2D eigenvalue weighted by Gasteiger charge is -2.31. The SMILES string of the molecule is COc1ccc(C(C2=C(O)C3C=CC=CC3=NC2=O)C2=C(O)C3C=CC=CC3=NC2=O)cc1. The molecule has 0 fully saturated rings. The molecule has 2 aliphatic carbocycles. The second-order valence-corrected chi connectivity index (χ2v) is 7.93. The van der Waals surface area contributed by atoms with Gasteiger partial charge in [0.25, 0.3) is 11.8 Å². The average molecular weight is 440 g/mol. The summed E-state index contributed by atoms with van der Waals surface area (Å²) < 4.78 is 5.23. The van der Waals surface area contributed by atoms with E-state index in [2.05, 4.69) is 9.98 Å². The fourth-order valence-electron chi connectivity index (χ4n) is 4.47. The molecule has 2 unspecified atom stereocenters. The van der Waals surface area contributed by atoms with Gasteiger partial charge < -0.3 is 14.9 Å². The van der Waals surface area contributed by atoms with Crippen LogP contribution in [0.3, 0.4) is 0 Å². The third kappa shape index (κ3) is 3.38. The summed E-state index contributed by atoms with van der Waals surface area (Å²) in [5.41, 5.74) is 1.25. The number of aliphatic hydroxyl groups is 2. The van der Waals surface area contributed by atoms with Crippen LogP contribution >= 0.6 is 0 Å². The topological polar surface area (TPSA) is 109 Å². The zero-order valence-electron chi connectivity index (χ0n) is 17.7. The molecule has 0 saturated carbocycles. The number of methoxy groups -OCH3 is 1. The van der Waals surface area contributed by atoms with E-state index >= 15 is 0 Å². The van der Waals surface area contributed by atoms with Gasteiger partial charge in [0.05, 0.1) is 47.4 Å². The molecule has 0 saturated heterocycles. The summed E-state index contributed by atoms with van der Waals surface area (Å²) in [5, 5.41) is 22.4. The first-order valence-corrected chi connectivity index (χ1v) is 10.4. The number of ether oxygens (including phenoxy) is 1. The van der Waals surface area contributed by atoms with Gasteiger partial charge >= 0.3 is 0 Å². The molecule has 0 aromatic heterocycles. The number of allylic oxidation sites excluding steroid dienone is 8. The van der Waals surface area contributed by atoms with Crippen molar-refractivity contribution < 1.29 is 24.5 Å². The number of amides is 2. The van der Waals surface area contributed by atoms with Crippen LogP contribution < -0.4 is 4.74 Å². The highest BCUT2D eigenvalue weighted by Gasteiger charge is 2.42. The number of nitrogens with zero attached hydrogens (tertiary/aromatic N) is 2. The lowest BCUT2D eigenvalue weighted by molar-refractivity contribution is -0.115. The van der Waals surface area contributed by atoms with Gasteiger partial charge in [0.15, 0.2) is 0 Å². The highest BCUT2D eigenvalue weighted by Crippen LogP contribution is 2.43. The maximum Gasteiger partial charge on any atom is 0.277 e. The van der Waals surface area contributed by atoms with Crippen LogP contribution in [0.2, 0.25) is 0 Å². The van der Waals surface area contributed by atoms with E-state index in [1.165, 1.54) is 7.11 Å². The van der Waals surface area contributed by atoms with Crippen LogP contribution in [-0.4, -0.2) is 40.6 Å². The van der Waals surface area contributed by atoms with Crippen LogP contribution in [0.25, 0.3) is 0 Å². The van der Waals surface area contributed by atoms with E-state index in [1.807, 2.05) is 0 Å². The van der Waals surface area contributed by atoms with Crippen molar-refractivity contribution in [3.8, 4) is 5.75 Å². The second kappa shape index (κ2) is 8.02. The Balaban J connectivity index is 1.71. The van der Waals surface area contributed by atoms with E-state index < -0.39 is 29.6 Å². The molecule has 2 N–H and O–H groups in total. The Kier molecular flexibility index (Phi) is 5.01. The van der Waals surface area contributed by atoms with Crippen molar-refractivity contribution in [1.29, 1.82) is 0 Å².